The number of benzene rings is 13. The number of aryl methyl sites for hydroxylation is 1. The summed E-state index contributed by atoms with van der Waals surface area (Å²) in [5.74, 6) is 1.52. The highest BCUT2D eigenvalue weighted by Crippen LogP contribution is 2.61. The summed E-state index contributed by atoms with van der Waals surface area (Å²) in [6, 6.07) is 114. The van der Waals surface area contributed by atoms with Gasteiger partial charge in [0.05, 0.1) is 5.41 Å². The fraction of sp³-hybridized carbons (Fsp3) is 0.0370. The highest BCUT2D eigenvalue weighted by molar-refractivity contribution is 5.98. The van der Waals surface area contributed by atoms with Crippen LogP contribution in [0.5, 0.6) is 11.5 Å². The lowest BCUT2D eigenvalue weighted by Crippen LogP contribution is -2.28. The van der Waals surface area contributed by atoms with E-state index in [2.05, 4.69) is 316 Å². The Morgan fingerprint density at radius 1 is 0.241 bits per heavy atom. The van der Waals surface area contributed by atoms with Crippen molar-refractivity contribution in [3.05, 3.63) is 337 Å². The minimum Gasteiger partial charge on any atom is -0.454 e. The van der Waals surface area contributed by atoms with Gasteiger partial charge < -0.3 is 9.47 Å². The molecule has 1 aliphatic heterocycles. The normalized spacial score (nSPS) is 12.6. The molecule has 392 valence electrons. The number of hydrogen-bond donors (Lipinski definition) is 0. The number of ether oxygens (including phenoxy) is 2. The number of fused-ring (bicyclic) bond motifs is 4. The SMILES string of the molecule is Cc1ccccc1-c1cccc2c1-c1cc3c(cc1C2(c1cccc(-c2cccc(-c4cc(-c5ccccc5)cc(-c5ccccc5)c4)c2)c1)c1cccc(-c2cccc(-c4cc(-c5ccccc5)cc(-c5ccccc5)c4)c2)c1)OCO3. The van der Waals surface area contributed by atoms with Gasteiger partial charge in [0, 0.05) is 0 Å². The molecule has 0 radical (unpaired) electrons. The summed E-state index contributed by atoms with van der Waals surface area (Å²) >= 11 is 0. The molecule has 0 aromatic heterocycles. The van der Waals surface area contributed by atoms with E-state index in [9.17, 15) is 0 Å². The van der Waals surface area contributed by atoms with Gasteiger partial charge in [0.2, 0.25) is 6.79 Å². The molecule has 83 heavy (non-hydrogen) atoms. The molecular formula is C81H56O2. The lowest BCUT2D eigenvalue weighted by molar-refractivity contribution is 0.174. The van der Waals surface area contributed by atoms with E-state index in [4.69, 9.17) is 9.47 Å². The van der Waals surface area contributed by atoms with Gasteiger partial charge >= 0.3 is 0 Å². The average Bonchev–Trinajstić information content (AvgIpc) is 3.77. The maximum absolute atomic E-state index is 6.34. The second-order valence-electron chi connectivity index (χ2n) is 21.9. The van der Waals surface area contributed by atoms with Crippen LogP contribution in [0.3, 0.4) is 0 Å². The Balaban J connectivity index is 0.919. The first-order valence-electron chi connectivity index (χ1n) is 28.6. The minimum atomic E-state index is -0.797. The van der Waals surface area contributed by atoms with Crippen LogP contribution in [0.25, 0.3) is 111 Å². The third kappa shape index (κ3) is 8.93. The van der Waals surface area contributed by atoms with Crippen LogP contribution >= 0.6 is 0 Å². The smallest absolute Gasteiger partial charge is 0.231 e. The quantitative estimate of drug-likeness (QED) is 0.129. The van der Waals surface area contributed by atoms with Gasteiger partial charge in [0.1, 0.15) is 0 Å². The van der Waals surface area contributed by atoms with Crippen LogP contribution in [0.15, 0.2) is 309 Å². The van der Waals surface area contributed by atoms with Crippen molar-refractivity contribution in [2.45, 2.75) is 12.3 Å². The van der Waals surface area contributed by atoms with Crippen molar-refractivity contribution in [2.75, 3.05) is 6.79 Å². The fourth-order valence-corrected chi connectivity index (χ4v) is 13.0. The van der Waals surface area contributed by atoms with Gasteiger partial charge in [-0.3, -0.25) is 0 Å². The van der Waals surface area contributed by atoms with E-state index in [0.29, 0.717) is 0 Å². The van der Waals surface area contributed by atoms with Crippen molar-refractivity contribution in [2.24, 2.45) is 0 Å². The standard InChI is InChI=1S/C81H56O2/c1-54-21-14-15-38-73(54)74-39-20-40-76-80(74)75-51-78-79(83-53-82-78)52-77(75)81(76,71-36-18-34-63(49-71)59-30-16-32-61(41-59)69-45-65(55-22-6-2-7-23-55)43-66(46-69)56-24-8-3-9-25-56)72-37-19-35-64(50-72)60-31-17-33-62(42-60)70-47-67(57-26-10-4-11-27-57)44-68(48-70)58-28-12-5-13-29-58/h2-52H,53H2,1H3. The van der Waals surface area contributed by atoms with Crippen LogP contribution < -0.4 is 9.47 Å². The summed E-state index contributed by atoms with van der Waals surface area (Å²) in [5.41, 5.74) is 28.5. The van der Waals surface area contributed by atoms with Gasteiger partial charge in [-0.2, -0.15) is 0 Å². The Labute approximate surface area is 485 Å². The summed E-state index contributed by atoms with van der Waals surface area (Å²) in [5, 5.41) is 0. The summed E-state index contributed by atoms with van der Waals surface area (Å²) in [7, 11) is 0. The van der Waals surface area contributed by atoms with Crippen molar-refractivity contribution >= 4 is 0 Å². The monoisotopic (exact) mass is 1060 g/mol. The fourth-order valence-electron chi connectivity index (χ4n) is 13.0. The minimum absolute atomic E-state index is 0.178. The predicted molar refractivity (Wildman–Crippen MR) is 344 cm³/mol. The van der Waals surface area contributed by atoms with Crippen LogP contribution in [0, 0.1) is 6.92 Å². The van der Waals surface area contributed by atoms with Gasteiger partial charge in [0.15, 0.2) is 11.5 Å². The van der Waals surface area contributed by atoms with Crippen molar-refractivity contribution in [3.63, 3.8) is 0 Å². The maximum Gasteiger partial charge on any atom is 0.231 e. The molecule has 2 heteroatoms. The molecule has 13 aromatic carbocycles. The van der Waals surface area contributed by atoms with Gasteiger partial charge in [-0.25, -0.2) is 0 Å². The Morgan fingerprint density at radius 2 is 0.566 bits per heavy atom. The van der Waals surface area contributed by atoms with Gasteiger partial charge in [-0.15, -0.1) is 0 Å². The maximum atomic E-state index is 6.34. The van der Waals surface area contributed by atoms with Crippen molar-refractivity contribution < 1.29 is 9.47 Å². The molecule has 0 bridgehead atoms. The van der Waals surface area contributed by atoms with Crippen molar-refractivity contribution in [1.82, 2.24) is 0 Å². The summed E-state index contributed by atoms with van der Waals surface area (Å²) in [4.78, 5) is 0. The topological polar surface area (TPSA) is 18.5 Å². The molecule has 2 aliphatic rings. The number of hydrogen-bond acceptors (Lipinski definition) is 2. The van der Waals surface area contributed by atoms with E-state index in [1.165, 1.54) is 83.5 Å². The zero-order valence-corrected chi connectivity index (χ0v) is 46.0. The molecule has 0 amide bonds. The third-order valence-corrected chi connectivity index (χ3v) is 17.0. The van der Waals surface area contributed by atoms with Crippen molar-refractivity contribution in [1.29, 1.82) is 0 Å². The van der Waals surface area contributed by atoms with Gasteiger partial charge in [-0.1, -0.05) is 237 Å². The van der Waals surface area contributed by atoms with E-state index >= 15 is 0 Å². The van der Waals surface area contributed by atoms with E-state index in [-0.39, 0.29) is 6.79 Å². The lowest BCUT2D eigenvalue weighted by Gasteiger charge is -2.35. The van der Waals surface area contributed by atoms with Crippen LogP contribution in [0.1, 0.15) is 27.8 Å². The van der Waals surface area contributed by atoms with E-state index in [1.54, 1.807) is 0 Å². The Bertz CT molecular complexity index is 4250. The molecule has 15 rings (SSSR count). The Morgan fingerprint density at radius 3 is 1.01 bits per heavy atom. The zero-order chi connectivity index (χ0) is 55.3. The molecule has 2 nitrogen and oxygen atoms in total. The second kappa shape index (κ2) is 20.8. The Hall–Kier alpha value is -10.5. The van der Waals surface area contributed by atoms with Gasteiger partial charge in [0.25, 0.3) is 0 Å². The number of rotatable bonds is 11. The average molecular weight is 1060 g/mol. The molecule has 0 saturated carbocycles. The highest BCUT2D eigenvalue weighted by Gasteiger charge is 2.48. The van der Waals surface area contributed by atoms with Crippen molar-refractivity contribution in [3.8, 4) is 123 Å². The molecule has 0 fully saturated rings. The summed E-state index contributed by atoms with van der Waals surface area (Å²) in [6.07, 6.45) is 0. The summed E-state index contributed by atoms with van der Waals surface area (Å²) < 4.78 is 12.6. The second-order valence-corrected chi connectivity index (χ2v) is 21.9. The van der Waals surface area contributed by atoms with E-state index in [0.717, 1.165) is 67.1 Å². The van der Waals surface area contributed by atoms with Crippen LogP contribution in [0.2, 0.25) is 0 Å². The molecule has 1 aliphatic carbocycles. The molecule has 1 heterocycles. The first-order chi connectivity index (χ1) is 41.0. The molecule has 0 N–H and O–H groups in total. The molecular weight excluding hydrogens is 1000 g/mol. The first kappa shape index (κ1) is 49.5. The predicted octanol–water partition coefficient (Wildman–Crippen LogP) is 21.1. The lowest BCUT2D eigenvalue weighted by atomic mass is 9.66. The Kier molecular flexibility index (Phi) is 12.4. The van der Waals surface area contributed by atoms with Gasteiger partial charge in [-0.05, 0) is 219 Å². The third-order valence-electron chi connectivity index (χ3n) is 17.0. The summed E-state index contributed by atoms with van der Waals surface area (Å²) in [6.45, 7) is 2.39. The molecule has 0 saturated heterocycles. The highest BCUT2D eigenvalue weighted by atomic mass is 16.7. The molecule has 0 unspecified atom stereocenters. The molecule has 0 spiro atoms. The first-order valence-corrected chi connectivity index (χ1v) is 28.6. The van der Waals surface area contributed by atoms with Crippen LogP contribution in [-0.2, 0) is 5.41 Å². The molecule has 13 aromatic rings. The zero-order valence-electron chi connectivity index (χ0n) is 46.0. The van der Waals surface area contributed by atoms with E-state index < -0.39 is 5.41 Å². The van der Waals surface area contributed by atoms with Crippen LogP contribution in [0.4, 0.5) is 0 Å². The van der Waals surface area contributed by atoms with E-state index in [1.807, 2.05) is 0 Å². The largest absolute Gasteiger partial charge is 0.454 e. The molecule has 0 atom stereocenters. The van der Waals surface area contributed by atoms with Crippen LogP contribution in [-0.4, -0.2) is 6.79 Å².